The molecule has 0 radical (unpaired) electrons. The topological polar surface area (TPSA) is 52.6 Å². The number of carbonyl (C=O) groups excluding carboxylic acids is 1. The van der Waals surface area contributed by atoms with Gasteiger partial charge in [-0.1, -0.05) is 6.42 Å². The highest BCUT2D eigenvalue weighted by Crippen LogP contribution is 2.09. The number of amides is 1. The summed E-state index contributed by atoms with van der Waals surface area (Å²) >= 11 is 0. The third-order valence-corrected chi connectivity index (χ3v) is 2.52. The summed E-state index contributed by atoms with van der Waals surface area (Å²) in [6.45, 7) is 3.04. The standard InChI is InChI=1S/C10H20N2O2/c1-8(13)7-12(2)10(14)9-5-3-4-6-11-9/h8-9,11,13H,3-7H2,1-2H3. The third-order valence-electron chi connectivity index (χ3n) is 2.52. The number of carbonyl (C=O) groups is 1. The summed E-state index contributed by atoms with van der Waals surface area (Å²) in [6, 6.07) is -0.0347. The van der Waals surface area contributed by atoms with Crippen LogP contribution >= 0.6 is 0 Å². The lowest BCUT2D eigenvalue weighted by Gasteiger charge is -2.28. The van der Waals surface area contributed by atoms with Crippen molar-refractivity contribution < 1.29 is 9.90 Å². The van der Waals surface area contributed by atoms with Gasteiger partial charge in [0.2, 0.25) is 5.91 Å². The number of piperidine rings is 1. The molecule has 0 saturated carbocycles. The van der Waals surface area contributed by atoms with Crippen LogP contribution in [0.5, 0.6) is 0 Å². The molecule has 1 heterocycles. The van der Waals surface area contributed by atoms with E-state index in [0.29, 0.717) is 6.54 Å². The molecule has 2 unspecified atom stereocenters. The first-order chi connectivity index (χ1) is 6.61. The van der Waals surface area contributed by atoms with Crippen molar-refractivity contribution in [1.29, 1.82) is 0 Å². The van der Waals surface area contributed by atoms with Gasteiger partial charge in [-0.05, 0) is 26.3 Å². The molecule has 0 aromatic rings. The maximum absolute atomic E-state index is 11.8. The zero-order valence-corrected chi connectivity index (χ0v) is 8.99. The smallest absolute Gasteiger partial charge is 0.239 e. The second-order valence-electron chi connectivity index (χ2n) is 4.07. The molecule has 1 rings (SSSR count). The van der Waals surface area contributed by atoms with Crippen molar-refractivity contribution in [2.24, 2.45) is 0 Å². The van der Waals surface area contributed by atoms with Crippen molar-refractivity contribution in [2.75, 3.05) is 20.1 Å². The maximum atomic E-state index is 11.8. The summed E-state index contributed by atoms with van der Waals surface area (Å²) in [7, 11) is 1.74. The minimum Gasteiger partial charge on any atom is -0.392 e. The monoisotopic (exact) mass is 200 g/mol. The van der Waals surface area contributed by atoms with Crippen LogP contribution in [0.2, 0.25) is 0 Å². The highest BCUT2D eigenvalue weighted by atomic mass is 16.3. The Balaban J connectivity index is 2.38. The van der Waals surface area contributed by atoms with Gasteiger partial charge in [-0.25, -0.2) is 0 Å². The van der Waals surface area contributed by atoms with Gasteiger partial charge in [-0.3, -0.25) is 4.79 Å². The molecule has 82 valence electrons. The number of aliphatic hydroxyl groups is 1. The molecule has 1 fully saturated rings. The van der Waals surface area contributed by atoms with Crippen LogP contribution in [-0.4, -0.2) is 48.2 Å². The first-order valence-electron chi connectivity index (χ1n) is 5.27. The average molecular weight is 200 g/mol. The molecule has 0 aromatic heterocycles. The molecule has 0 aromatic carbocycles. The molecule has 4 heteroatoms. The zero-order valence-electron chi connectivity index (χ0n) is 8.99. The number of hydrogen-bond donors (Lipinski definition) is 2. The fourth-order valence-electron chi connectivity index (χ4n) is 1.81. The van der Waals surface area contributed by atoms with Gasteiger partial charge in [0.25, 0.3) is 0 Å². The molecular weight excluding hydrogens is 180 g/mol. The van der Waals surface area contributed by atoms with Gasteiger partial charge in [0, 0.05) is 13.6 Å². The Morgan fingerprint density at radius 1 is 1.64 bits per heavy atom. The van der Waals surface area contributed by atoms with Crippen LogP contribution < -0.4 is 5.32 Å². The Morgan fingerprint density at radius 3 is 2.86 bits per heavy atom. The number of aliphatic hydroxyl groups excluding tert-OH is 1. The van der Waals surface area contributed by atoms with E-state index in [4.69, 9.17) is 5.11 Å². The predicted molar refractivity (Wildman–Crippen MR) is 55.0 cm³/mol. The van der Waals surface area contributed by atoms with Gasteiger partial charge in [0.1, 0.15) is 0 Å². The van der Waals surface area contributed by atoms with E-state index in [2.05, 4.69) is 5.32 Å². The number of rotatable bonds is 3. The number of nitrogens with zero attached hydrogens (tertiary/aromatic N) is 1. The Labute approximate surface area is 85.3 Å². The molecule has 4 nitrogen and oxygen atoms in total. The van der Waals surface area contributed by atoms with Crippen LogP contribution in [0.25, 0.3) is 0 Å². The molecule has 1 aliphatic rings. The van der Waals surface area contributed by atoms with E-state index in [1.54, 1.807) is 18.9 Å². The largest absolute Gasteiger partial charge is 0.392 e. The van der Waals surface area contributed by atoms with Crippen LogP contribution in [-0.2, 0) is 4.79 Å². The molecule has 2 N–H and O–H groups in total. The summed E-state index contributed by atoms with van der Waals surface area (Å²) < 4.78 is 0. The highest BCUT2D eigenvalue weighted by Gasteiger charge is 2.23. The summed E-state index contributed by atoms with van der Waals surface area (Å²) in [5, 5.41) is 12.4. The lowest BCUT2D eigenvalue weighted by atomic mass is 10.0. The van der Waals surface area contributed by atoms with Crippen molar-refractivity contribution >= 4 is 5.91 Å². The Bertz CT molecular complexity index is 189. The zero-order chi connectivity index (χ0) is 10.6. The molecule has 0 spiro atoms. The van der Waals surface area contributed by atoms with E-state index >= 15 is 0 Å². The Kier molecular flexibility index (Phi) is 4.35. The van der Waals surface area contributed by atoms with Crippen LogP contribution in [0, 0.1) is 0 Å². The normalized spacial score (nSPS) is 24.4. The van der Waals surface area contributed by atoms with Crippen molar-refractivity contribution in [3.63, 3.8) is 0 Å². The van der Waals surface area contributed by atoms with Gasteiger partial charge < -0.3 is 15.3 Å². The molecular formula is C10H20N2O2. The minimum absolute atomic E-state index is 0.0347. The van der Waals surface area contributed by atoms with Crippen LogP contribution in [0.15, 0.2) is 0 Å². The second-order valence-corrected chi connectivity index (χ2v) is 4.07. The van der Waals surface area contributed by atoms with Gasteiger partial charge in [-0.15, -0.1) is 0 Å². The van der Waals surface area contributed by atoms with E-state index in [-0.39, 0.29) is 11.9 Å². The predicted octanol–water partition coefficient (Wildman–Crippen LogP) is -0.0323. The highest BCUT2D eigenvalue weighted by molar-refractivity contribution is 5.81. The number of hydrogen-bond acceptors (Lipinski definition) is 3. The molecule has 2 atom stereocenters. The summed E-state index contributed by atoms with van der Waals surface area (Å²) in [4.78, 5) is 13.4. The van der Waals surface area contributed by atoms with Crippen molar-refractivity contribution in [2.45, 2.75) is 38.3 Å². The van der Waals surface area contributed by atoms with Crippen LogP contribution in [0.4, 0.5) is 0 Å². The fourth-order valence-corrected chi connectivity index (χ4v) is 1.81. The average Bonchev–Trinajstić information content (AvgIpc) is 2.17. The minimum atomic E-state index is -0.451. The lowest BCUT2D eigenvalue weighted by Crippen LogP contribution is -2.48. The van der Waals surface area contributed by atoms with Gasteiger partial charge >= 0.3 is 0 Å². The lowest BCUT2D eigenvalue weighted by molar-refractivity contribution is -0.133. The Morgan fingerprint density at radius 2 is 2.36 bits per heavy atom. The van der Waals surface area contributed by atoms with Crippen molar-refractivity contribution in [3.8, 4) is 0 Å². The SMILES string of the molecule is CC(O)CN(C)C(=O)C1CCCCN1. The molecule has 1 aliphatic heterocycles. The van der Waals surface area contributed by atoms with E-state index in [9.17, 15) is 4.79 Å². The first kappa shape index (κ1) is 11.5. The third kappa shape index (κ3) is 3.27. The van der Waals surface area contributed by atoms with Gasteiger partial charge in [-0.2, -0.15) is 0 Å². The fraction of sp³-hybridized carbons (Fsp3) is 0.900. The summed E-state index contributed by atoms with van der Waals surface area (Å²) in [5.41, 5.74) is 0. The summed E-state index contributed by atoms with van der Waals surface area (Å²) in [6.07, 6.45) is 2.74. The van der Waals surface area contributed by atoms with Gasteiger partial charge in [0.15, 0.2) is 0 Å². The summed E-state index contributed by atoms with van der Waals surface area (Å²) in [5.74, 6) is 0.102. The molecule has 0 aliphatic carbocycles. The molecule has 1 amide bonds. The molecule has 1 saturated heterocycles. The Hall–Kier alpha value is -0.610. The second kappa shape index (κ2) is 5.32. The number of likely N-dealkylation sites (N-methyl/N-ethyl adjacent to an activating group) is 1. The quantitative estimate of drug-likeness (QED) is 0.672. The molecule has 14 heavy (non-hydrogen) atoms. The maximum Gasteiger partial charge on any atom is 0.239 e. The van der Waals surface area contributed by atoms with Crippen molar-refractivity contribution in [1.82, 2.24) is 10.2 Å². The van der Waals surface area contributed by atoms with Crippen molar-refractivity contribution in [3.05, 3.63) is 0 Å². The van der Waals surface area contributed by atoms with E-state index in [1.165, 1.54) is 0 Å². The van der Waals surface area contributed by atoms with Gasteiger partial charge in [0.05, 0.1) is 12.1 Å². The van der Waals surface area contributed by atoms with E-state index in [1.807, 2.05) is 0 Å². The van der Waals surface area contributed by atoms with Crippen LogP contribution in [0.1, 0.15) is 26.2 Å². The van der Waals surface area contributed by atoms with E-state index < -0.39 is 6.10 Å². The van der Waals surface area contributed by atoms with E-state index in [0.717, 1.165) is 25.8 Å². The number of nitrogens with one attached hydrogen (secondary N) is 1. The first-order valence-corrected chi connectivity index (χ1v) is 5.27. The molecule has 0 bridgehead atoms. The van der Waals surface area contributed by atoms with Crippen LogP contribution in [0.3, 0.4) is 0 Å².